The van der Waals surface area contributed by atoms with Gasteiger partial charge in [0, 0.05) is 11.6 Å². The van der Waals surface area contributed by atoms with Crippen LogP contribution in [0.5, 0.6) is 0 Å². The van der Waals surface area contributed by atoms with E-state index >= 15 is 0 Å². The van der Waals surface area contributed by atoms with Crippen LogP contribution in [0.25, 0.3) is 10.9 Å². The number of hydrogen-bond acceptors (Lipinski definition) is 4. The average molecular weight is 284 g/mol. The quantitative estimate of drug-likeness (QED) is 0.679. The van der Waals surface area contributed by atoms with Crippen molar-refractivity contribution < 1.29 is 8.42 Å². The zero-order valence-electron chi connectivity index (χ0n) is 10.8. The Morgan fingerprint density at radius 3 is 2.40 bits per heavy atom. The van der Waals surface area contributed by atoms with Crippen LogP contribution in [0.3, 0.4) is 0 Å². The highest BCUT2D eigenvalue weighted by Crippen LogP contribution is 2.20. The van der Waals surface area contributed by atoms with Crippen molar-refractivity contribution >= 4 is 20.7 Å². The van der Waals surface area contributed by atoms with Crippen LogP contribution in [0.15, 0.2) is 64.8 Å². The maximum absolute atomic E-state index is 12.5. The Balaban J connectivity index is 2.15. The van der Waals surface area contributed by atoms with Crippen molar-refractivity contribution in [2.75, 3.05) is 0 Å². The Bertz CT molecular complexity index is 872. The molecule has 20 heavy (non-hydrogen) atoms. The second kappa shape index (κ2) is 4.68. The molecule has 3 rings (SSSR count). The zero-order valence-corrected chi connectivity index (χ0v) is 11.6. The van der Waals surface area contributed by atoms with E-state index in [2.05, 4.69) is 9.97 Å². The van der Waals surface area contributed by atoms with Gasteiger partial charge in [0.05, 0.1) is 10.4 Å². The van der Waals surface area contributed by atoms with E-state index < -0.39 is 9.84 Å². The van der Waals surface area contributed by atoms with Crippen molar-refractivity contribution in [2.24, 2.45) is 0 Å². The molecule has 0 fully saturated rings. The molecule has 0 aliphatic heterocycles. The molecule has 0 aliphatic carbocycles. The van der Waals surface area contributed by atoms with Crippen LogP contribution >= 0.6 is 0 Å². The summed E-state index contributed by atoms with van der Waals surface area (Å²) in [5.41, 5.74) is 1.62. The number of nitrogens with zero attached hydrogens (tertiary/aromatic N) is 2. The lowest BCUT2D eigenvalue weighted by Gasteiger charge is -2.04. The predicted octanol–water partition coefficient (Wildman–Crippen LogP) is 2.77. The van der Waals surface area contributed by atoms with Gasteiger partial charge in [-0.15, -0.1) is 0 Å². The van der Waals surface area contributed by atoms with E-state index in [1.54, 1.807) is 30.3 Å². The molecule has 4 nitrogen and oxygen atoms in total. The Kier molecular flexibility index (Phi) is 2.99. The number of hydrogen-bond donors (Lipinski definition) is 0. The Labute approximate surface area is 117 Å². The molecule has 1 aromatic heterocycles. The molecule has 0 aliphatic rings. The fraction of sp³-hybridized carbons (Fsp3) is 0.0667. The summed E-state index contributed by atoms with van der Waals surface area (Å²) in [4.78, 5) is 8.33. The molecular weight excluding hydrogens is 272 g/mol. The van der Waals surface area contributed by atoms with Gasteiger partial charge in [0.1, 0.15) is 0 Å². The monoisotopic (exact) mass is 284 g/mol. The summed E-state index contributed by atoms with van der Waals surface area (Å²) in [5, 5.41) is 0.649. The third-order valence-corrected chi connectivity index (χ3v) is 4.61. The van der Waals surface area contributed by atoms with E-state index in [4.69, 9.17) is 0 Å². The van der Waals surface area contributed by atoms with Crippen LogP contribution < -0.4 is 0 Å². The van der Waals surface area contributed by atoms with Crippen molar-refractivity contribution in [2.45, 2.75) is 17.0 Å². The highest BCUT2D eigenvalue weighted by Gasteiger charge is 2.21. The summed E-state index contributed by atoms with van der Waals surface area (Å²) >= 11 is 0. The number of benzene rings is 2. The van der Waals surface area contributed by atoms with Gasteiger partial charge in [-0.2, -0.15) is 0 Å². The fourth-order valence-electron chi connectivity index (χ4n) is 1.91. The van der Waals surface area contributed by atoms with Gasteiger partial charge in [0.15, 0.2) is 0 Å². The molecule has 0 saturated heterocycles. The first-order valence-corrected chi connectivity index (χ1v) is 7.59. The molecule has 5 heteroatoms. The second-order valence-corrected chi connectivity index (χ2v) is 6.37. The highest BCUT2D eigenvalue weighted by atomic mass is 32.2. The molecule has 0 spiro atoms. The van der Waals surface area contributed by atoms with Crippen molar-refractivity contribution in [1.82, 2.24) is 9.97 Å². The van der Waals surface area contributed by atoms with E-state index in [9.17, 15) is 8.42 Å². The largest absolute Gasteiger partial charge is 0.252 e. The van der Waals surface area contributed by atoms with E-state index in [-0.39, 0.29) is 10.1 Å². The van der Waals surface area contributed by atoms with E-state index in [0.717, 1.165) is 10.9 Å². The summed E-state index contributed by atoms with van der Waals surface area (Å²) in [6.07, 6.45) is 1.53. The van der Waals surface area contributed by atoms with Crippen LogP contribution in [0.4, 0.5) is 0 Å². The molecule has 1 heterocycles. The zero-order chi connectivity index (χ0) is 14.2. The maximum Gasteiger partial charge on any atom is 0.252 e. The van der Waals surface area contributed by atoms with Gasteiger partial charge in [-0.05, 0) is 25.1 Å². The van der Waals surface area contributed by atoms with Crippen LogP contribution in [0.2, 0.25) is 0 Å². The summed E-state index contributed by atoms with van der Waals surface area (Å²) in [6.45, 7) is 1.91. The molecule has 0 N–H and O–H groups in total. The number of rotatable bonds is 2. The lowest BCUT2D eigenvalue weighted by molar-refractivity contribution is 0.587. The molecule has 0 saturated carbocycles. The van der Waals surface area contributed by atoms with Gasteiger partial charge in [0.2, 0.25) is 9.84 Å². The maximum atomic E-state index is 12.5. The molecule has 100 valence electrons. The normalized spacial score (nSPS) is 11.7. The van der Waals surface area contributed by atoms with Crippen molar-refractivity contribution in [1.29, 1.82) is 0 Å². The molecule has 0 amide bonds. The van der Waals surface area contributed by atoms with E-state index in [1.807, 2.05) is 25.1 Å². The predicted molar refractivity (Wildman–Crippen MR) is 76.2 cm³/mol. The first kappa shape index (κ1) is 12.7. The van der Waals surface area contributed by atoms with Crippen molar-refractivity contribution in [3.63, 3.8) is 0 Å². The second-order valence-electron chi connectivity index (χ2n) is 4.53. The smallest absolute Gasteiger partial charge is 0.226 e. The molecule has 0 bridgehead atoms. The lowest BCUT2D eigenvalue weighted by Crippen LogP contribution is -2.07. The first-order chi connectivity index (χ1) is 9.57. The molecule has 0 unspecified atom stereocenters. The van der Waals surface area contributed by atoms with Crippen molar-refractivity contribution in [3.05, 3.63) is 60.3 Å². The minimum Gasteiger partial charge on any atom is -0.226 e. The standard InChI is InChI=1S/C15H12N2O2S/c1-11-6-8-13(9-7-11)20(18,19)15-16-10-12-4-2-3-5-14(12)17-15/h2-10H,1H3. The number of fused-ring (bicyclic) bond motifs is 1. The molecule has 0 atom stereocenters. The average Bonchev–Trinajstić information content (AvgIpc) is 2.47. The summed E-state index contributed by atoms with van der Waals surface area (Å²) in [5.74, 6) is 0. The number of aryl methyl sites for hydroxylation is 1. The molecule has 3 aromatic rings. The third-order valence-electron chi connectivity index (χ3n) is 3.04. The Morgan fingerprint density at radius 2 is 1.65 bits per heavy atom. The molecule has 0 radical (unpaired) electrons. The minimum absolute atomic E-state index is 0.167. The summed E-state index contributed by atoms with van der Waals surface area (Å²) < 4.78 is 24.9. The Hall–Kier alpha value is -2.27. The van der Waals surface area contributed by atoms with Gasteiger partial charge in [0.25, 0.3) is 5.16 Å². The van der Waals surface area contributed by atoms with Gasteiger partial charge < -0.3 is 0 Å². The van der Waals surface area contributed by atoms with E-state index in [0.29, 0.717) is 5.52 Å². The van der Waals surface area contributed by atoms with Crippen LogP contribution in [-0.4, -0.2) is 18.4 Å². The lowest BCUT2D eigenvalue weighted by atomic mass is 10.2. The van der Waals surface area contributed by atoms with Gasteiger partial charge in [-0.3, -0.25) is 0 Å². The van der Waals surface area contributed by atoms with Crippen LogP contribution in [-0.2, 0) is 9.84 Å². The topological polar surface area (TPSA) is 59.9 Å². The van der Waals surface area contributed by atoms with Gasteiger partial charge in [-0.25, -0.2) is 18.4 Å². The third kappa shape index (κ3) is 2.16. The fourth-order valence-corrected chi connectivity index (χ4v) is 3.02. The minimum atomic E-state index is -3.67. The number of para-hydroxylation sites is 1. The summed E-state index contributed by atoms with van der Waals surface area (Å²) in [7, 11) is -3.67. The SMILES string of the molecule is Cc1ccc(S(=O)(=O)c2ncc3ccccc3n2)cc1. The molecule has 2 aromatic carbocycles. The van der Waals surface area contributed by atoms with E-state index in [1.165, 1.54) is 6.20 Å². The molecular formula is C15H12N2O2S. The van der Waals surface area contributed by atoms with Crippen molar-refractivity contribution in [3.8, 4) is 0 Å². The van der Waals surface area contributed by atoms with Crippen LogP contribution in [0.1, 0.15) is 5.56 Å². The van der Waals surface area contributed by atoms with Gasteiger partial charge >= 0.3 is 0 Å². The first-order valence-electron chi connectivity index (χ1n) is 6.11. The Morgan fingerprint density at radius 1 is 0.950 bits per heavy atom. The van der Waals surface area contributed by atoms with Gasteiger partial charge in [-0.1, -0.05) is 35.9 Å². The summed E-state index contributed by atoms with van der Waals surface area (Å²) in [6, 6.07) is 14.0. The highest BCUT2D eigenvalue weighted by molar-refractivity contribution is 7.91. The van der Waals surface area contributed by atoms with Crippen LogP contribution in [0, 0.1) is 6.92 Å². The number of sulfone groups is 1. The number of aromatic nitrogens is 2.